The minimum Gasteiger partial charge on any atom is -0.494 e. The Balaban J connectivity index is 0.00000280. The molecule has 0 spiro atoms. The fraction of sp³-hybridized carbons (Fsp3) is 0.0500. The van der Waals surface area contributed by atoms with Gasteiger partial charge < -0.3 is 15.4 Å². The third kappa shape index (κ3) is 5.00. The zero-order chi connectivity index (χ0) is 19.2. The normalized spacial score (nSPS) is 9.79. The molecular formula is C20H17Cl2N3O3. The first kappa shape index (κ1) is 21.2. The van der Waals surface area contributed by atoms with E-state index in [1.54, 1.807) is 66.9 Å². The molecule has 1 aromatic heterocycles. The number of benzene rings is 2. The van der Waals surface area contributed by atoms with Crippen molar-refractivity contribution in [1.82, 2.24) is 4.98 Å². The summed E-state index contributed by atoms with van der Waals surface area (Å²) >= 11 is 6.05. The molecule has 0 fully saturated rings. The zero-order valence-electron chi connectivity index (χ0n) is 14.8. The molecule has 8 heteroatoms. The minimum absolute atomic E-state index is 0. The van der Waals surface area contributed by atoms with Gasteiger partial charge in [0.15, 0.2) is 0 Å². The lowest BCUT2D eigenvalue weighted by Gasteiger charge is -2.13. The number of hydrogen-bond acceptors (Lipinski definition) is 4. The number of carbonyl (C=O) groups excluding carboxylic acids is 2. The molecule has 0 aliphatic heterocycles. The molecule has 2 N–H and O–H groups in total. The van der Waals surface area contributed by atoms with E-state index in [-0.39, 0.29) is 24.2 Å². The highest BCUT2D eigenvalue weighted by atomic mass is 35.5. The maximum atomic E-state index is 12.4. The summed E-state index contributed by atoms with van der Waals surface area (Å²) in [6.07, 6.45) is 1.54. The fourth-order valence-corrected chi connectivity index (χ4v) is 2.62. The quantitative estimate of drug-likeness (QED) is 0.631. The SMILES string of the molecule is COc1cc(NC(=O)c2ccccn2)ccc1NC(=O)c1ccccc1Cl.Cl. The molecule has 0 saturated heterocycles. The number of carbonyl (C=O) groups is 2. The van der Waals surface area contributed by atoms with Gasteiger partial charge in [0.25, 0.3) is 11.8 Å². The summed E-state index contributed by atoms with van der Waals surface area (Å²) in [6.45, 7) is 0. The summed E-state index contributed by atoms with van der Waals surface area (Å²) in [7, 11) is 1.48. The van der Waals surface area contributed by atoms with Crippen LogP contribution < -0.4 is 15.4 Å². The Morgan fingerprint density at radius 2 is 1.71 bits per heavy atom. The highest BCUT2D eigenvalue weighted by Crippen LogP contribution is 2.29. The number of pyridine rings is 1. The Morgan fingerprint density at radius 3 is 2.39 bits per heavy atom. The summed E-state index contributed by atoms with van der Waals surface area (Å²) in [4.78, 5) is 28.6. The number of nitrogens with one attached hydrogen (secondary N) is 2. The van der Waals surface area contributed by atoms with E-state index in [1.165, 1.54) is 7.11 Å². The van der Waals surface area contributed by atoms with Crippen LogP contribution in [0.3, 0.4) is 0 Å². The van der Waals surface area contributed by atoms with Gasteiger partial charge in [-0.25, -0.2) is 0 Å². The molecule has 0 radical (unpaired) electrons. The Bertz CT molecular complexity index is 981. The number of halogens is 2. The molecule has 0 bridgehead atoms. The highest BCUT2D eigenvalue weighted by molar-refractivity contribution is 6.34. The Labute approximate surface area is 173 Å². The van der Waals surface area contributed by atoms with Crippen LogP contribution in [0.4, 0.5) is 11.4 Å². The molecule has 3 aromatic rings. The Hall–Kier alpha value is -3.09. The topological polar surface area (TPSA) is 80.3 Å². The van der Waals surface area contributed by atoms with Gasteiger partial charge in [-0.1, -0.05) is 29.8 Å². The van der Waals surface area contributed by atoms with Crippen molar-refractivity contribution in [3.8, 4) is 5.75 Å². The van der Waals surface area contributed by atoms with Crippen LogP contribution in [0.5, 0.6) is 5.75 Å². The molecule has 3 rings (SSSR count). The molecule has 28 heavy (non-hydrogen) atoms. The van der Waals surface area contributed by atoms with E-state index in [9.17, 15) is 9.59 Å². The second kappa shape index (κ2) is 9.73. The third-order valence-corrected chi connectivity index (χ3v) is 4.05. The first-order chi connectivity index (χ1) is 13.1. The number of anilines is 2. The molecule has 0 aliphatic carbocycles. The summed E-state index contributed by atoms with van der Waals surface area (Å²) in [5.41, 5.74) is 1.62. The Morgan fingerprint density at radius 1 is 0.964 bits per heavy atom. The van der Waals surface area contributed by atoms with Crippen molar-refractivity contribution in [3.63, 3.8) is 0 Å². The lowest BCUT2D eigenvalue weighted by atomic mass is 10.2. The van der Waals surface area contributed by atoms with Gasteiger partial charge >= 0.3 is 0 Å². The van der Waals surface area contributed by atoms with Crippen LogP contribution in [0, 0.1) is 0 Å². The van der Waals surface area contributed by atoms with E-state index in [1.807, 2.05) is 0 Å². The lowest BCUT2D eigenvalue weighted by molar-refractivity contribution is 0.101. The van der Waals surface area contributed by atoms with Crippen molar-refractivity contribution in [3.05, 3.63) is 83.1 Å². The van der Waals surface area contributed by atoms with Crippen LogP contribution in [0.25, 0.3) is 0 Å². The summed E-state index contributed by atoms with van der Waals surface area (Å²) in [5, 5.41) is 5.85. The van der Waals surface area contributed by atoms with Crippen LogP contribution in [0.2, 0.25) is 5.02 Å². The number of rotatable bonds is 5. The molecular weight excluding hydrogens is 401 g/mol. The van der Waals surface area contributed by atoms with Gasteiger partial charge in [-0.3, -0.25) is 14.6 Å². The van der Waals surface area contributed by atoms with Gasteiger partial charge in [-0.05, 0) is 36.4 Å². The maximum absolute atomic E-state index is 12.4. The first-order valence-corrected chi connectivity index (χ1v) is 8.42. The lowest BCUT2D eigenvalue weighted by Crippen LogP contribution is -2.15. The first-order valence-electron chi connectivity index (χ1n) is 8.05. The molecule has 144 valence electrons. The highest BCUT2D eigenvalue weighted by Gasteiger charge is 2.14. The average molecular weight is 418 g/mol. The minimum atomic E-state index is -0.357. The maximum Gasteiger partial charge on any atom is 0.274 e. The second-order valence-electron chi connectivity index (χ2n) is 5.52. The molecule has 0 atom stereocenters. The van der Waals surface area contributed by atoms with E-state index in [0.29, 0.717) is 33.4 Å². The van der Waals surface area contributed by atoms with Crippen molar-refractivity contribution >= 4 is 47.2 Å². The van der Waals surface area contributed by atoms with Gasteiger partial charge in [0.05, 0.1) is 23.4 Å². The van der Waals surface area contributed by atoms with Gasteiger partial charge in [0.2, 0.25) is 0 Å². The smallest absolute Gasteiger partial charge is 0.274 e. The molecule has 0 saturated carbocycles. The van der Waals surface area contributed by atoms with E-state index in [4.69, 9.17) is 16.3 Å². The predicted octanol–water partition coefficient (Wildman–Crippen LogP) is 4.67. The van der Waals surface area contributed by atoms with Gasteiger partial charge in [-0.15, -0.1) is 12.4 Å². The monoisotopic (exact) mass is 417 g/mol. The molecule has 1 heterocycles. The number of aromatic nitrogens is 1. The van der Waals surface area contributed by atoms with Crippen molar-refractivity contribution in [2.24, 2.45) is 0 Å². The van der Waals surface area contributed by atoms with E-state index in [0.717, 1.165) is 0 Å². The van der Waals surface area contributed by atoms with Crippen molar-refractivity contribution in [2.45, 2.75) is 0 Å². The van der Waals surface area contributed by atoms with E-state index < -0.39 is 0 Å². The van der Waals surface area contributed by atoms with E-state index in [2.05, 4.69) is 15.6 Å². The van der Waals surface area contributed by atoms with Gasteiger partial charge in [0, 0.05) is 18.0 Å². The zero-order valence-corrected chi connectivity index (χ0v) is 16.4. The predicted molar refractivity (Wildman–Crippen MR) is 112 cm³/mol. The number of ether oxygens (including phenoxy) is 1. The Kier molecular flexibility index (Phi) is 7.37. The number of nitrogens with zero attached hydrogens (tertiary/aromatic N) is 1. The fourth-order valence-electron chi connectivity index (χ4n) is 2.40. The third-order valence-electron chi connectivity index (χ3n) is 3.72. The average Bonchev–Trinajstić information content (AvgIpc) is 2.70. The molecule has 0 aliphatic rings. The van der Waals surface area contributed by atoms with Crippen molar-refractivity contribution in [2.75, 3.05) is 17.7 Å². The van der Waals surface area contributed by atoms with Crippen LogP contribution in [-0.2, 0) is 0 Å². The summed E-state index contributed by atoms with van der Waals surface area (Å²) < 4.78 is 5.33. The van der Waals surface area contributed by atoms with Crippen molar-refractivity contribution in [1.29, 1.82) is 0 Å². The van der Waals surface area contributed by atoms with Crippen LogP contribution >= 0.6 is 24.0 Å². The van der Waals surface area contributed by atoms with Crippen LogP contribution in [0.1, 0.15) is 20.8 Å². The number of amides is 2. The summed E-state index contributed by atoms with van der Waals surface area (Å²) in [6, 6.07) is 16.7. The largest absolute Gasteiger partial charge is 0.494 e. The van der Waals surface area contributed by atoms with Gasteiger partial charge in [-0.2, -0.15) is 0 Å². The second-order valence-corrected chi connectivity index (χ2v) is 5.93. The van der Waals surface area contributed by atoms with Crippen LogP contribution in [0.15, 0.2) is 66.9 Å². The molecule has 0 unspecified atom stereocenters. The molecule has 2 aromatic carbocycles. The number of hydrogen-bond donors (Lipinski definition) is 2. The van der Waals surface area contributed by atoms with Crippen molar-refractivity contribution < 1.29 is 14.3 Å². The number of methoxy groups -OCH3 is 1. The molecule has 6 nitrogen and oxygen atoms in total. The standard InChI is InChI=1S/C20H16ClN3O3.ClH/c1-27-18-12-13(23-20(26)17-8-4-5-11-22-17)9-10-16(18)24-19(25)14-6-2-3-7-15(14)21;/h2-12H,1H3,(H,23,26)(H,24,25);1H. The van der Waals surface area contributed by atoms with Gasteiger partial charge in [0.1, 0.15) is 11.4 Å². The van der Waals surface area contributed by atoms with Crippen LogP contribution in [-0.4, -0.2) is 23.9 Å². The van der Waals surface area contributed by atoms with E-state index >= 15 is 0 Å². The summed E-state index contributed by atoms with van der Waals surface area (Å²) in [5.74, 6) is -0.302. The molecule has 2 amide bonds.